The van der Waals surface area contributed by atoms with Crippen molar-refractivity contribution in [2.24, 2.45) is 0 Å². The van der Waals surface area contributed by atoms with Gasteiger partial charge in [0.15, 0.2) is 0 Å². The summed E-state index contributed by atoms with van der Waals surface area (Å²) in [6, 6.07) is 21.2. The molecule has 1 N–H and O–H groups in total. The van der Waals surface area contributed by atoms with Crippen LogP contribution in [0.2, 0.25) is 0 Å². The van der Waals surface area contributed by atoms with E-state index in [0.29, 0.717) is 24.5 Å². The van der Waals surface area contributed by atoms with Crippen LogP contribution in [-0.4, -0.2) is 15.0 Å². The zero-order valence-corrected chi connectivity index (χ0v) is 18.3. The van der Waals surface area contributed by atoms with Gasteiger partial charge in [0.2, 0.25) is 5.95 Å². The smallest absolute Gasteiger partial charge is 0.323 e. The highest BCUT2D eigenvalue weighted by atomic mass is 19.4. The van der Waals surface area contributed by atoms with Crippen LogP contribution in [0.4, 0.5) is 24.8 Å². The van der Waals surface area contributed by atoms with Gasteiger partial charge in [0, 0.05) is 12.8 Å². The average Bonchev–Trinajstić information content (AvgIpc) is 2.73. The van der Waals surface area contributed by atoms with Gasteiger partial charge in [-0.25, -0.2) is 4.98 Å². The molecule has 0 saturated heterocycles. The Kier molecular flexibility index (Phi) is 6.40. The Hall–Kier alpha value is -3.74. The number of aromatic nitrogens is 3. The summed E-state index contributed by atoms with van der Waals surface area (Å²) in [6.07, 6.45) is -3.60. The third-order valence-corrected chi connectivity index (χ3v) is 5.10. The van der Waals surface area contributed by atoms with E-state index in [2.05, 4.69) is 20.3 Å². The van der Waals surface area contributed by atoms with E-state index in [0.717, 1.165) is 28.3 Å². The number of anilines is 2. The maximum atomic E-state index is 13.5. The Balaban J connectivity index is 1.71. The highest BCUT2D eigenvalue weighted by Crippen LogP contribution is 2.35. The van der Waals surface area contributed by atoms with Gasteiger partial charge in [-0.15, -0.1) is 0 Å². The maximum absolute atomic E-state index is 13.5. The molecular formula is C26H23F3N4. The topological polar surface area (TPSA) is 50.7 Å². The molecule has 4 aromatic rings. The standard InChI is InChI=1S/C26H23F3N4/c1-17-7-5-9-19(13-17)15-23-31-24(16-20-10-6-8-18(2)14-20)33-25(32-23)30-22-12-4-3-11-21(22)26(27,28)29/h3-14H,15-16H2,1-2H3,(H,30,31,32,33). The number of rotatable bonds is 6. The number of alkyl halides is 3. The minimum atomic E-state index is -4.49. The van der Waals surface area contributed by atoms with Gasteiger partial charge < -0.3 is 5.32 Å². The molecule has 0 aliphatic heterocycles. The summed E-state index contributed by atoms with van der Waals surface area (Å²) in [7, 11) is 0. The fourth-order valence-electron chi connectivity index (χ4n) is 3.65. The van der Waals surface area contributed by atoms with Crippen molar-refractivity contribution in [2.45, 2.75) is 32.9 Å². The second-order valence-electron chi connectivity index (χ2n) is 7.99. The summed E-state index contributed by atoms with van der Waals surface area (Å²) in [5.41, 5.74) is 3.39. The number of hydrogen-bond donors (Lipinski definition) is 1. The fourth-order valence-corrected chi connectivity index (χ4v) is 3.65. The number of halogens is 3. The zero-order valence-electron chi connectivity index (χ0n) is 18.3. The highest BCUT2D eigenvalue weighted by molar-refractivity contribution is 5.59. The Bertz CT molecular complexity index is 1200. The van der Waals surface area contributed by atoms with Gasteiger partial charge in [-0.05, 0) is 37.1 Å². The van der Waals surface area contributed by atoms with E-state index in [-0.39, 0.29) is 11.6 Å². The summed E-state index contributed by atoms with van der Waals surface area (Å²) in [4.78, 5) is 13.5. The summed E-state index contributed by atoms with van der Waals surface area (Å²) >= 11 is 0. The van der Waals surface area contributed by atoms with Crippen LogP contribution in [0.1, 0.15) is 39.5 Å². The molecule has 0 radical (unpaired) electrons. The summed E-state index contributed by atoms with van der Waals surface area (Å²) in [5.74, 6) is 1.07. The molecule has 0 amide bonds. The summed E-state index contributed by atoms with van der Waals surface area (Å²) < 4.78 is 40.4. The molecule has 1 heterocycles. The molecule has 7 heteroatoms. The molecule has 33 heavy (non-hydrogen) atoms. The van der Waals surface area contributed by atoms with Crippen molar-refractivity contribution in [3.05, 3.63) is 112 Å². The Morgan fingerprint density at radius 3 is 1.76 bits per heavy atom. The first kappa shape index (κ1) is 22.5. The van der Waals surface area contributed by atoms with Crippen LogP contribution in [0.5, 0.6) is 0 Å². The lowest BCUT2D eigenvalue weighted by atomic mass is 10.1. The lowest BCUT2D eigenvalue weighted by Crippen LogP contribution is -2.12. The number of benzene rings is 3. The van der Waals surface area contributed by atoms with E-state index < -0.39 is 11.7 Å². The van der Waals surface area contributed by atoms with Crippen molar-refractivity contribution < 1.29 is 13.2 Å². The lowest BCUT2D eigenvalue weighted by molar-refractivity contribution is -0.136. The molecule has 3 aromatic carbocycles. The number of nitrogens with one attached hydrogen (secondary N) is 1. The zero-order chi connectivity index (χ0) is 23.4. The molecule has 0 unspecified atom stereocenters. The van der Waals surface area contributed by atoms with Crippen LogP contribution in [0, 0.1) is 13.8 Å². The molecule has 4 rings (SSSR count). The van der Waals surface area contributed by atoms with Crippen LogP contribution in [0.15, 0.2) is 72.8 Å². The molecule has 0 saturated carbocycles. The third-order valence-electron chi connectivity index (χ3n) is 5.10. The number of hydrogen-bond acceptors (Lipinski definition) is 4. The van der Waals surface area contributed by atoms with Gasteiger partial charge in [-0.2, -0.15) is 23.1 Å². The molecule has 168 valence electrons. The van der Waals surface area contributed by atoms with Gasteiger partial charge in [-0.3, -0.25) is 0 Å². The first-order chi connectivity index (χ1) is 15.8. The number of nitrogens with zero attached hydrogens (tertiary/aromatic N) is 3. The molecule has 0 aliphatic rings. The Labute approximate surface area is 190 Å². The highest BCUT2D eigenvalue weighted by Gasteiger charge is 2.33. The largest absolute Gasteiger partial charge is 0.418 e. The second-order valence-corrected chi connectivity index (χ2v) is 7.99. The van der Waals surface area contributed by atoms with Crippen LogP contribution < -0.4 is 5.32 Å². The predicted molar refractivity (Wildman–Crippen MR) is 123 cm³/mol. The van der Waals surface area contributed by atoms with Crippen LogP contribution >= 0.6 is 0 Å². The monoisotopic (exact) mass is 448 g/mol. The summed E-state index contributed by atoms with van der Waals surface area (Å²) in [6.45, 7) is 4.00. The van der Waals surface area contributed by atoms with E-state index in [1.807, 2.05) is 62.4 Å². The molecular weight excluding hydrogens is 425 g/mol. The Morgan fingerprint density at radius 2 is 1.24 bits per heavy atom. The van der Waals surface area contributed by atoms with Crippen molar-refractivity contribution in [2.75, 3.05) is 5.32 Å². The van der Waals surface area contributed by atoms with Gasteiger partial charge >= 0.3 is 6.18 Å². The SMILES string of the molecule is Cc1cccc(Cc2nc(Cc3cccc(C)c3)nc(Nc3ccccc3C(F)(F)F)n2)c1. The predicted octanol–water partition coefficient (Wildman–Crippen LogP) is 6.43. The van der Waals surface area contributed by atoms with Gasteiger partial charge in [0.05, 0.1) is 11.3 Å². The van der Waals surface area contributed by atoms with Crippen molar-refractivity contribution >= 4 is 11.6 Å². The van der Waals surface area contributed by atoms with E-state index in [1.54, 1.807) is 6.07 Å². The quantitative estimate of drug-likeness (QED) is 0.369. The molecule has 0 fully saturated rings. The van der Waals surface area contributed by atoms with Gasteiger partial charge in [0.1, 0.15) is 11.6 Å². The average molecular weight is 448 g/mol. The maximum Gasteiger partial charge on any atom is 0.418 e. The molecule has 4 nitrogen and oxygen atoms in total. The molecule has 0 bridgehead atoms. The molecule has 1 aromatic heterocycles. The second kappa shape index (κ2) is 9.40. The van der Waals surface area contributed by atoms with E-state index in [1.165, 1.54) is 12.1 Å². The molecule has 0 atom stereocenters. The van der Waals surface area contributed by atoms with Crippen molar-refractivity contribution in [3.8, 4) is 0 Å². The number of para-hydroxylation sites is 1. The minimum Gasteiger partial charge on any atom is -0.323 e. The van der Waals surface area contributed by atoms with Gasteiger partial charge in [-0.1, -0.05) is 71.8 Å². The Morgan fingerprint density at radius 1 is 0.697 bits per heavy atom. The van der Waals surface area contributed by atoms with Crippen molar-refractivity contribution in [3.63, 3.8) is 0 Å². The van der Waals surface area contributed by atoms with Crippen molar-refractivity contribution in [1.82, 2.24) is 15.0 Å². The van der Waals surface area contributed by atoms with E-state index in [4.69, 9.17) is 0 Å². The first-order valence-electron chi connectivity index (χ1n) is 10.5. The minimum absolute atomic E-state index is 0.0898. The van der Waals surface area contributed by atoms with Gasteiger partial charge in [0.25, 0.3) is 0 Å². The molecule has 0 spiro atoms. The first-order valence-corrected chi connectivity index (χ1v) is 10.5. The van der Waals surface area contributed by atoms with E-state index in [9.17, 15) is 13.2 Å². The lowest BCUT2D eigenvalue weighted by Gasteiger charge is -2.14. The van der Waals surface area contributed by atoms with Crippen LogP contribution in [0.3, 0.4) is 0 Å². The fraction of sp³-hybridized carbons (Fsp3) is 0.192. The third kappa shape index (κ3) is 5.94. The normalized spacial score (nSPS) is 11.4. The number of aryl methyl sites for hydroxylation is 2. The van der Waals surface area contributed by atoms with Crippen LogP contribution in [-0.2, 0) is 19.0 Å². The van der Waals surface area contributed by atoms with Crippen LogP contribution in [0.25, 0.3) is 0 Å². The van der Waals surface area contributed by atoms with E-state index >= 15 is 0 Å². The molecule has 0 aliphatic carbocycles. The van der Waals surface area contributed by atoms with Crippen molar-refractivity contribution in [1.29, 1.82) is 0 Å². The summed E-state index contributed by atoms with van der Waals surface area (Å²) in [5, 5.41) is 2.77.